The lowest BCUT2D eigenvalue weighted by molar-refractivity contribution is 0.0298. The zero-order chi connectivity index (χ0) is 19.1. The molecule has 0 N–H and O–H groups in total. The van der Waals surface area contributed by atoms with Gasteiger partial charge in [-0.25, -0.2) is 4.68 Å². The standard InChI is InChI=1S/C21H19N3O3S/c25-21(23-10-12-27-13-11-23)19-17-14-28(26)18-9-5-4-8-16(18)20(17)24(22-19)15-6-2-1-3-7-15/h1-9H,10-14H2. The molecule has 3 heterocycles. The van der Waals surface area contributed by atoms with Crippen LogP contribution >= 0.6 is 0 Å². The van der Waals surface area contributed by atoms with Crippen molar-refractivity contribution < 1.29 is 13.7 Å². The molecule has 1 unspecified atom stereocenters. The average Bonchev–Trinajstić information content (AvgIpc) is 3.14. The van der Waals surface area contributed by atoms with Gasteiger partial charge in [0.2, 0.25) is 0 Å². The zero-order valence-corrected chi connectivity index (χ0v) is 16.0. The summed E-state index contributed by atoms with van der Waals surface area (Å²) in [6, 6.07) is 17.4. The Labute approximate surface area is 165 Å². The number of hydrogen-bond donors (Lipinski definition) is 0. The molecular formula is C21H19N3O3S. The minimum Gasteiger partial charge on any atom is -0.378 e. The third kappa shape index (κ3) is 2.78. The molecular weight excluding hydrogens is 374 g/mol. The van der Waals surface area contributed by atoms with Crippen LogP contribution in [0.2, 0.25) is 0 Å². The number of rotatable bonds is 2. The fraction of sp³-hybridized carbons (Fsp3) is 0.238. The molecule has 2 aliphatic rings. The van der Waals surface area contributed by atoms with E-state index < -0.39 is 10.8 Å². The summed E-state index contributed by atoms with van der Waals surface area (Å²) >= 11 is 0. The number of amides is 1. The van der Waals surface area contributed by atoms with Crippen LogP contribution in [0.1, 0.15) is 16.1 Å². The van der Waals surface area contributed by atoms with E-state index >= 15 is 0 Å². The van der Waals surface area contributed by atoms with E-state index in [4.69, 9.17) is 9.84 Å². The number of carbonyl (C=O) groups excluding carboxylic acids is 1. The molecule has 2 aliphatic heterocycles. The van der Waals surface area contributed by atoms with Crippen molar-refractivity contribution >= 4 is 16.7 Å². The Morgan fingerprint density at radius 2 is 1.71 bits per heavy atom. The van der Waals surface area contributed by atoms with Gasteiger partial charge in [0, 0.05) is 29.1 Å². The van der Waals surface area contributed by atoms with Crippen molar-refractivity contribution in [1.82, 2.24) is 14.7 Å². The Balaban J connectivity index is 1.72. The smallest absolute Gasteiger partial charge is 0.274 e. The Kier molecular flexibility index (Phi) is 4.33. The van der Waals surface area contributed by atoms with Crippen LogP contribution in [0.3, 0.4) is 0 Å². The third-order valence-electron chi connectivity index (χ3n) is 5.15. The van der Waals surface area contributed by atoms with E-state index in [9.17, 15) is 9.00 Å². The van der Waals surface area contributed by atoms with Gasteiger partial charge in [0.25, 0.3) is 5.91 Å². The minimum absolute atomic E-state index is 0.120. The number of ether oxygens (including phenoxy) is 1. The van der Waals surface area contributed by atoms with Gasteiger partial charge in [0.1, 0.15) is 0 Å². The number of nitrogens with zero attached hydrogens (tertiary/aromatic N) is 3. The average molecular weight is 393 g/mol. The van der Waals surface area contributed by atoms with Crippen LogP contribution in [0.15, 0.2) is 59.5 Å². The van der Waals surface area contributed by atoms with Crippen molar-refractivity contribution in [3.8, 4) is 16.9 Å². The van der Waals surface area contributed by atoms with Crippen molar-refractivity contribution in [1.29, 1.82) is 0 Å². The van der Waals surface area contributed by atoms with Gasteiger partial charge in [0.15, 0.2) is 5.69 Å². The normalized spacial score (nSPS) is 18.4. The first-order valence-corrected chi connectivity index (χ1v) is 10.6. The predicted molar refractivity (Wildman–Crippen MR) is 106 cm³/mol. The maximum Gasteiger partial charge on any atom is 0.274 e. The molecule has 5 rings (SSSR count). The molecule has 3 aromatic rings. The molecule has 2 aromatic carbocycles. The van der Waals surface area contributed by atoms with Gasteiger partial charge in [-0.15, -0.1) is 0 Å². The molecule has 0 aliphatic carbocycles. The van der Waals surface area contributed by atoms with Crippen LogP contribution in [0.25, 0.3) is 16.9 Å². The second-order valence-corrected chi connectivity index (χ2v) is 8.23. The predicted octanol–water partition coefficient (Wildman–Crippen LogP) is 2.63. The maximum atomic E-state index is 13.2. The summed E-state index contributed by atoms with van der Waals surface area (Å²) in [6.45, 7) is 2.15. The molecule has 0 radical (unpaired) electrons. The number of morpholine rings is 1. The Hall–Kier alpha value is -2.77. The second-order valence-electron chi connectivity index (χ2n) is 6.81. The van der Waals surface area contributed by atoms with Crippen LogP contribution in [0.5, 0.6) is 0 Å². The Morgan fingerprint density at radius 3 is 2.50 bits per heavy atom. The summed E-state index contributed by atoms with van der Waals surface area (Å²) in [4.78, 5) is 15.8. The van der Waals surface area contributed by atoms with E-state index in [2.05, 4.69) is 0 Å². The lowest BCUT2D eigenvalue weighted by atomic mass is 10.0. The molecule has 1 aromatic heterocycles. The van der Waals surface area contributed by atoms with Gasteiger partial charge in [0.05, 0.1) is 41.1 Å². The van der Waals surface area contributed by atoms with Crippen molar-refractivity contribution in [3.63, 3.8) is 0 Å². The van der Waals surface area contributed by atoms with Gasteiger partial charge >= 0.3 is 0 Å². The van der Waals surface area contributed by atoms with E-state index in [-0.39, 0.29) is 5.91 Å². The lowest BCUT2D eigenvalue weighted by Crippen LogP contribution is -2.41. The van der Waals surface area contributed by atoms with Gasteiger partial charge < -0.3 is 9.64 Å². The van der Waals surface area contributed by atoms with Crippen LogP contribution in [0, 0.1) is 0 Å². The lowest BCUT2D eigenvalue weighted by Gasteiger charge is -2.26. The molecule has 1 fully saturated rings. The van der Waals surface area contributed by atoms with Crippen LogP contribution in [0.4, 0.5) is 0 Å². The first-order valence-electron chi connectivity index (χ1n) is 9.26. The molecule has 142 valence electrons. The number of aromatic nitrogens is 2. The van der Waals surface area contributed by atoms with Crippen molar-refractivity contribution in [2.75, 3.05) is 26.3 Å². The van der Waals surface area contributed by atoms with E-state index in [1.165, 1.54) is 0 Å². The largest absolute Gasteiger partial charge is 0.378 e. The SMILES string of the molecule is O=C(c1nn(-c2ccccc2)c2c1CS(=O)c1ccccc1-2)N1CCOCC1. The fourth-order valence-corrected chi connectivity index (χ4v) is 5.11. The van der Waals surface area contributed by atoms with Gasteiger partial charge in [-0.05, 0) is 18.2 Å². The van der Waals surface area contributed by atoms with Gasteiger partial charge in [-0.1, -0.05) is 36.4 Å². The summed E-state index contributed by atoms with van der Waals surface area (Å²) in [5.74, 6) is 0.176. The zero-order valence-electron chi connectivity index (χ0n) is 15.2. The fourth-order valence-electron chi connectivity index (χ4n) is 3.78. The first-order chi connectivity index (χ1) is 13.7. The highest BCUT2D eigenvalue weighted by atomic mass is 32.2. The Morgan fingerprint density at radius 1 is 1.00 bits per heavy atom. The number of carbonyl (C=O) groups is 1. The summed E-state index contributed by atoms with van der Waals surface area (Å²) < 4.78 is 20.1. The van der Waals surface area contributed by atoms with Gasteiger partial charge in [-0.2, -0.15) is 5.10 Å². The number of para-hydroxylation sites is 1. The summed E-state index contributed by atoms with van der Waals surface area (Å²) in [5.41, 5.74) is 3.76. The van der Waals surface area contributed by atoms with Crippen LogP contribution in [-0.4, -0.2) is 51.1 Å². The number of hydrogen-bond acceptors (Lipinski definition) is 4. The molecule has 0 saturated carbocycles. The highest BCUT2D eigenvalue weighted by molar-refractivity contribution is 7.84. The topological polar surface area (TPSA) is 64.4 Å². The van der Waals surface area contributed by atoms with E-state index in [0.29, 0.717) is 37.8 Å². The maximum absolute atomic E-state index is 13.2. The highest BCUT2D eigenvalue weighted by Crippen LogP contribution is 2.39. The first kappa shape index (κ1) is 17.3. The van der Waals surface area contributed by atoms with E-state index in [1.807, 2.05) is 59.3 Å². The Bertz CT molecular complexity index is 1070. The van der Waals surface area contributed by atoms with E-state index in [0.717, 1.165) is 27.4 Å². The molecule has 7 heteroatoms. The summed E-state index contributed by atoms with van der Waals surface area (Å²) in [7, 11) is -1.20. The summed E-state index contributed by atoms with van der Waals surface area (Å²) in [6.07, 6.45) is 0. The molecule has 6 nitrogen and oxygen atoms in total. The van der Waals surface area contributed by atoms with Crippen molar-refractivity contribution in [2.24, 2.45) is 0 Å². The molecule has 0 bridgehead atoms. The molecule has 28 heavy (non-hydrogen) atoms. The highest BCUT2D eigenvalue weighted by Gasteiger charge is 2.33. The van der Waals surface area contributed by atoms with Crippen molar-refractivity contribution in [3.05, 3.63) is 65.9 Å². The quantitative estimate of drug-likeness (QED) is 0.671. The summed E-state index contributed by atoms with van der Waals surface area (Å²) in [5, 5.41) is 4.72. The molecule has 0 spiro atoms. The van der Waals surface area contributed by atoms with Crippen LogP contribution in [-0.2, 0) is 21.3 Å². The monoisotopic (exact) mass is 393 g/mol. The van der Waals surface area contributed by atoms with Crippen LogP contribution < -0.4 is 0 Å². The number of benzene rings is 2. The molecule has 1 atom stereocenters. The molecule has 1 amide bonds. The van der Waals surface area contributed by atoms with E-state index in [1.54, 1.807) is 4.90 Å². The second kappa shape index (κ2) is 7.00. The third-order valence-corrected chi connectivity index (χ3v) is 6.55. The molecule has 1 saturated heterocycles. The minimum atomic E-state index is -1.20. The number of fused-ring (bicyclic) bond motifs is 3. The van der Waals surface area contributed by atoms with Crippen molar-refractivity contribution in [2.45, 2.75) is 10.6 Å². The van der Waals surface area contributed by atoms with Gasteiger partial charge in [-0.3, -0.25) is 9.00 Å².